The lowest BCUT2D eigenvalue weighted by Gasteiger charge is -2.14. The Morgan fingerprint density at radius 2 is 1.93 bits per heavy atom. The van der Waals surface area contributed by atoms with E-state index in [-0.39, 0.29) is 23.3 Å². The molecular formula is C19H19N3O3S2. The number of pyridine rings is 1. The summed E-state index contributed by atoms with van der Waals surface area (Å²) < 4.78 is 23.0. The summed E-state index contributed by atoms with van der Waals surface area (Å²) in [5, 5.41) is 5.55. The van der Waals surface area contributed by atoms with Crippen molar-refractivity contribution in [3.63, 3.8) is 0 Å². The molecule has 3 rings (SSSR count). The topological polar surface area (TPSA) is 89.0 Å². The van der Waals surface area contributed by atoms with Gasteiger partial charge < -0.3 is 5.32 Å². The third-order valence-electron chi connectivity index (χ3n) is 3.96. The summed E-state index contributed by atoms with van der Waals surface area (Å²) in [4.78, 5) is 21.3. The number of nitrogens with one attached hydrogen (secondary N) is 1. The zero-order valence-electron chi connectivity index (χ0n) is 14.9. The lowest BCUT2D eigenvalue weighted by Crippen LogP contribution is -2.28. The molecule has 27 heavy (non-hydrogen) atoms. The zero-order chi connectivity index (χ0) is 19.4. The van der Waals surface area contributed by atoms with Crippen LogP contribution in [-0.4, -0.2) is 30.5 Å². The number of carbonyl (C=O) groups is 1. The molecule has 0 saturated carbocycles. The van der Waals surface area contributed by atoms with Crippen LogP contribution in [-0.2, 0) is 21.1 Å². The fraction of sp³-hybridized carbons (Fsp3) is 0.211. The minimum Gasteiger partial charge on any atom is -0.349 e. The molecule has 8 heteroatoms. The molecule has 2 aromatic heterocycles. The Hall–Kier alpha value is -2.58. The number of nitrogens with zero attached hydrogens (tertiary/aromatic N) is 2. The summed E-state index contributed by atoms with van der Waals surface area (Å²) in [5.41, 5.74) is 2.31. The molecular weight excluding hydrogens is 382 g/mol. The van der Waals surface area contributed by atoms with Crippen LogP contribution in [0.5, 0.6) is 0 Å². The van der Waals surface area contributed by atoms with Crippen LogP contribution in [0.2, 0.25) is 0 Å². The molecule has 0 fully saturated rings. The highest BCUT2D eigenvalue weighted by molar-refractivity contribution is 7.90. The fourth-order valence-corrected chi connectivity index (χ4v) is 3.96. The van der Waals surface area contributed by atoms with Crippen LogP contribution in [0.25, 0.3) is 10.7 Å². The van der Waals surface area contributed by atoms with E-state index in [0.29, 0.717) is 5.69 Å². The molecule has 0 spiro atoms. The van der Waals surface area contributed by atoms with Gasteiger partial charge >= 0.3 is 0 Å². The number of hydrogen-bond donors (Lipinski definition) is 1. The number of aromatic nitrogens is 2. The van der Waals surface area contributed by atoms with Crippen LogP contribution >= 0.6 is 11.3 Å². The number of rotatable bonds is 6. The van der Waals surface area contributed by atoms with Crippen LogP contribution in [0, 0.1) is 0 Å². The maximum Gasteiger partial charge on any atom is 0.226 e. The van der Waals surface area contributed by atoms with E-state index in [0.717, 1.165) is 16.3 Å². The van der Waals surface area contributed by atoms with Crippen LogP contribution in [0.3, 0.4) is 0 Å². The van der Waals surface area contributed by atoms with Gasteiger partial charge in [-0.1, -0.05) is 18.2 Å². The first-order valence-electron chi connectivity index (χ1n) is 8.28. The molecule has 1 amide bonds. The maximum atomic E-state index is 12.3. The highest BCUT2D eigenvalue weighted by atomic mass is 32.2. The smallest absolute Gasteiger partial charge is 0.226 e. The van der Waals surface area contributed by atoms with Crippen molar-refractivity contribution in [1.82, 2.24) is 15.3 Å². The Morgan fingerprint density at radius 3 is 2.56 bits per heavy atom. The molecule has 0 radical (unpaired) electrons. The lowest BCUT2D eigenvalue weighted by atomic mass is 10.1. The molecule has 6 nitrogen and oxygen atoms in total. The van der Waals surface area contributed by atoms with E-state index < -0.39 is 9.84 Å². The molecule has 2 heterocycles. The van der Waals surface area contributed by atoms with Gasteiger partial charge in [-0.15, -0.1) is 11.3 Å². The van der Waals surface area contributed by atoms with Gasteiger partial charge in [0.1, 0.15) is 5.01 Å². The highest BCUT2D eigenvalue weighted by Crippen LogP contribution is 2.22. The van der Waals surface area contributed by atoms with Crippen molar-refractivity contribution < 1.29 is 13.2 Å². The fourth-order valence-electron chi connectivity index (χ4n) is 2.54. The second kappa shape index (κ2) is 7.98. The van der Waals surface area contributed by atoms with Crippen molar-refractivity contribution in [2.24, 2.45) is 0 Å². The van der Waals surface area contributed by atoms with Crippen LogP contribution in [0.1, 0.15) is 24.2 Å². The predicted molar refractivity (Wildman–Crippen MR) is 105 cm³/mol. The Kier molecular flexibility index (Phi) is 5.67. The third-order valence-corrected chi connectivity index (χ3v) is 6.01. The lowest BCUT2D eigenvalue weighted by molar-refractivity contribution is -0.121. The van der Waals surface area contributed by atoms with Gasteiger partial charge in [-0.2, -0.15) is 0 Å². The van der Waals surface area contributed by atoms with Gasteiger partial charge in [0.05, 0.1) is 28.7 Å². The Balaban J connectivity index is 1.61. The Morgan fingerprint density at radius 1 is 1.19 bits per heavy atom. The number of hydrogen-bond acceptors (Lipinski definition) is 6. The van der Waals surface area contributed by atoms with Gasteiger partial charge in [0.2, 0.25) is 5.91 Å². The largest absolute Gasteiger partial charge is 0.349 e. The summed E-state index contributed by atoms with van der Waals surface area (Å²) in [7, 11) is -3.23. The summed E-state index contributed by atoms with van der Waals surface area (Å²) in [6.45, 7) is 1.85. The van der Waals surface area contributed by atoms with Crippen molar-refractivity contribution in [3.05, 3.63) is 65.3 Å². The second-order valence-electron chi connectivity index (χ2n) is 6.17. The van der Waals surface area contributed by atoms with E-state index in [9.17, 15) is 13.2 Å². The Labute approximate surface area is 162 Å². The van der Waals surface area contributed by atoms with Gasteiger partial charge in [0.15, 0.2) is 9.84 Å². The molecule has 0 aliphatic heterocycles. The normalized spacial score (nSPS) is 12.5. The predicted octanol–water partition coefficient (Wildman–Crippen LogP) is 3.03. The maximum absolute atomic E-state index is 12.3. The van der Waals surface area contributed by atoms with Gasteiger partial charge in [-0.3, -0.25) is 9.78 Å². The summed E-state index contributed by atoms with van der Waals surface area (Å²) in [6.07, 6.45) is 3.05. The minimum absolute atomic E-state index is 0.146. The van der Waals surface area contributed by atoms with Gasteiger partial charge in [-0.25, -0.2) is 13.4 Å². The summed E-state index contributed by atoms with van der Waals surface area (Å²) in [6, 6.07) is 11.9. The van der Waals surface area contributed by atoms with E-state index >= 15 is 0 Å². The van der Waals surface area contributed by atoms with Crippen LogP contribution < -0.4 is 5.32 Å². The molecule has 0 bridgehead atoms. The monoisotopic (exact) mass is 401 g/mol. The first kappa shape index (κ1) is 19.2. The Bertz CT molecular complexity index is 1030. The quantitative estimate of drug-likeness (QED) is 0.686. The van der Waals surface area contributed by atoms with Crippen molar-refractivity contribution in [1.29, 1.82) is 0 Å². The van der Waals surface area contributed by atoms with Crippen LogP contribution in [0.15, 0.2) is 58.9 Å². The minimum atomic E-state index is -3.23. The summed E-state index contributed by atoms with van der Waals surface area (Å²) in [5.74, 6) is -0.146. The average molecular weight is 402 g/mol. The van der Waals surface area contributed by atoms with Crippen molar-refractivity contribution in [2.75, 3.05) is 6.26 Å². The van der Waals surface area contributed by atoms with Gasteiger partial charge in [0.25, 0.3) is 0 Å². The molecule has 1 atom stereocenters. The third kappa shape index (κ3) is 4.99. The van der Waals surface area contributed by atoms with Crippen LogP contribution in [0.4, 0.5) is 0 Å². The first-order valence-corrected chi connectivity index (χ1v) is 11.1. The highest BCUT2D eigenvalue weighted by Gasteiger charge is 2.14. The van der Waals surface area contributed by atoms with E-state index in [1.165, 1.54) is 17.6 Å². The molecule has 0 unspecified atom stereocenters. The first-order chi connectivity index (χ1) is 12.8. The van der Waals surface area contributed by atoms with Gasteiger partial charge in [-0.05, 0) is 36.8 Å². The van der Waals surface area contributed by atoms with Gasteiger partial charge in [0, 0.05) is 17.8 Å². The van der Waals surface area contributed by atoms with Crippen molar-refractivity contribution in [3.8, 4) is 10.7 Å². The zero-order valence-corrected chi connectivity index (χ0v) is 16.5. The molecule has 0 aliphatic rings. The average Bonchev–Trinajstić information content (AvgIpc) is 3.10. The molecule has 0 aliphatic carbocycles. The second-order valence-corrected chi connectivity index (χ2v) is 9.04. The number of carbonyl (C=O) groups excluding carboxylic acids is 1. The van der Waals surface area contributed by atoms with Crippen molar-refractivity contribution >= 4 is 27.1 Å². The molecule has 0 saturated heterocycles. The standard InChI is InChI=1S/C19H19N3O3S2/c1-13(14-6-8-16(9-7-14)27(2,24)25)21-18(23)11-15-12-26-19(22-15)17-5-3-4-10-20-17/h3-10,12-13H,11H2,1-2H3,(H,21,23)/t13-/m0/s1. The number of amides is 1. The number of sulfone groups is 1. The molecule has 1 N–H and O–H groups in total. The summed E-state index contributed by atoms with van der Waals surface area (Å²) >= 11 is 1.45. The molecule has 3 aromatic rings. The van der Waals surface area contributed by atoms with Crippen molar-refractivity contribution in [2.45, 2.75) is 24.3 Å². The van der Waals surface area contributed by atoms with E-state index in [1.807, 2.05) is 30.5 Å². The van der Waals surface area contributed by atoms with E-state index in [1.54, 1.807) is 30.5 Å². The van der Waals surface area contributed by atoms with E-state index in [2.05, 4.69) is 15.3 Å². The SMILES string of the molecule is C[C@H](NC(=O)Cc1csc(-c2ccccn2)n1)c1ccc(S(C)(=O)=O)cc1. The van der Waals surface area contributed by atoms with E-state index in [4.69, 9.17) is 0 Å². The number of benzene rings is 1. The molecule has 1 aromatic carbocycles. The molecule has 140 valence electrons. The number of thiazole rings is 1.